The average molecular weight is 251 g/mol. The molecule has 0 aliphatic rings. The summed E-state index contributed by atoms with van der Waals surface area (Å²) in [7, 11) is 0. The van der Waals surface area contributed by atoms with Crippen LogP contribution in [0.25, 0.3) is 0 Å². The first-order chi connectivity index (χ1) is 8.46. The molecule has 3 heteroatoms. The van der Waals surface area contributed by atoms with E-state index in [1.165, 1.54) is 5.56 Å². The van der Waals surface area contributed by atoms with Crippen LogP contribution in [0.15, 0.2) is 18.2 Å². The van der Waals surface area contributed by atoms with Gasteiger partial charge in [0, 0.05) is 5.54 Å². The van der Waals surface area contributed by atoms with Gasteiger partial charge in [-0.3, -0.25) is 0 Å². The topological polar surface area (TPSA) is 44.5 Å². The molecule has 18 heavy (non-hydrogen) atoms. The average Bonchev–Trinajstić information content (AvgIpc) is 2.29. The van der Waals surface area contributed by atoms with E-state index in [0.29, 0.717) is 13.2 Å². The summed E-state index contributed by atoms with van der Waals surface area (Å²) >= 11 is 0. The first-order valence-corrected chi connectivity index (χ1v) is 6.63. The number of aryl methyl sites for hydroxylation is 1. The van der Waals surface area contributed by atoms with Crippen molar-refractivity contribution in [2.45, 2.75) is 46.1 Å². The minimum atomic E-state index is -0.135. The van der Waals surface area contributed by atoms with Crippen LogP contribution in [0.1, 0.15) is 39.7 Å². The number of nitrogens with two attached hydrogens (primary N) is 1. The van der Waals surface area contributed by atoms with E-state index in [1.807, 2.05) is 33.8 Å². The van der Waals surface area contributed by atoms with Crippen LogP contribution in [0.3, 0.4) is 0 Å². The van der Waals surface area contributed by atoms with E-state index in [-0.39, 0.29) is 5.54 Å². The van der Waals surface area contributed by atoms with E-state index in [4.69, 9.17) is 15.2 Å². The van der Waals surface area contributed by atoms with Crippen molar-refractivity contribution in [1.29, 1.82) is 0 Å². The Morgan fingerprint density at radius 3 is 2.22 bits per heavy atom. The van der Waals surface area contributed by atoms with Crippen LogP contribution >= 0.6 is 0 Å². The molecular formula is C15H25NO2. The maximum absolute atomic E-state index is 6.00. The fourth-order valence-corrected chi connectivity index (χ4v) is 1.72. The summed E-state index contributed by atoms with van der Waals surface area (Å²) in [6.45, 7) is 9.34. The van der Waals surface area contributed by atoms with Crippen molar-refractivity contribution < 1.29 is 9.47 Å². The summed E-state index contributed by atoms with van der Waals surface area (Å²) in [4.78, 5) is 0. The quantitative estimate of drug-likeness (QED) is 0.809. The molecule has 0 aliphatic carbocycles. The van der Waals surface area contributed by atoms with Crippen LogP contribution < -0.4 is 15.2 Å². The molecule has 0 bridgehead atoms. The van der Waals surface area contributed by atoms with Gasteiger partial charge >= 0.3 is 0 Å². The second kappa shape index (κ2) is 6.64. The summed E-state index contributed by atoms with van der Waals surface area (Å²) in [6.07, 6.45) is 1.91. The highest BCUT2D eigenvalue weighted by Gasteiger charge is 2.12. The van der Waals surface area contributed by atoms with Gasteiger partial charge in [0.2, 0.25) is 0 Å². The lowest BCUT2D eigenvalue weighted by atomic mass is 9.96. The highest BCUT2D eigenvalue weighted by Crippen LogP contribution is 2.29. The minimum absolute atomic E-state index is 0.135. The molecule has 0 saturated heterocycles. The van der Waals surface area contributed by atoms with E-state index in [0.717, 1.165) is 24.3 Å². The normalized spacial score (nSPS) is 11.4. The van der Waals surface area contributed by atoms with E-state index in [1.54, 1.807) is 0 Å². The molecule has 0 spiro atoms. The molecule has 1 aromatic rings. The number of ether oxygens (including phenoxy) is 2. The minimum Gasteiger partial charge on any atom is -0.490 e. The Balaban J connectivity index is 2.79. The summed E-state index contributed by atoms with van der Waals surface area (Å²) in [5, 5.41) is 0. The highest BCUT2D eigenvalue weighted by atomic mass is 16.5. The molecule has 0 unspecified atom stereocenters. The Morgan fingerprint density at radius 2 is 1.67 bits per heavy atom. The molecule has 0 fully saturated rings. The third-order valence-electron chi connectivity index (χ3n) is 2.67. The highest BCUT2D eigenvalue weighted by molar-refractivity contribution is 5.43. The second-order valence-electron chi connectivity index (χ2n) is 5.14. The van der Waals surface area contributed by atoms with Crippen molar-refractivity contribution >= 4 is 0 Å². The zero-order valence-corrected chi connectivity index (χ0v) is 12.0. The Bertz CT molecular complexity index is 369. The number of hydrogen-bond donors (Lipinski definition) is 1. The third kappa shape index (κ3) is 4.96. The fraction of sp³-hybridized carbons (Fsp3) is 0.600. The van der Waals surface area contributed by atoms with Crippen molar-refractivity contribution in [2.24, 2.45) is 5.73 Å². The van der Waals surface area contributed by atoms with Gasteiger partial charge in [-0.2, -0.15) is 0 Å². The van der Waals surface area contributed by atoms with Crippen LogP contribution in [0.4, 0.5) is 0 Å². The number of benzene rings is 1. The molecule has 102 valence electrons. The Kier molecular flexibility index (Phi) is 5.48. The summed E-state index contributed by atoms with van der Waals surface area (Å²) in [5.74, 6) is 1.64. The molecule has 2 N–H and O–H groups in total. The molecule has 1 aromatic carbocycles. The van der Waals surface area contributed by atoms with E-state index in [2.05, 4.69) is 12.1 Å². The van der Waals surface area contributed by atoms with Crippen LogP contribution in [0, 0.1) is 0 Å². The summed E-state index contributed by atoms with van der Waals surface area (Å²) in [6, 6.07) is 6.12. The van der Waals surface area contributed by atoms with Crippen LogP contribution in [0.2, 0.25) is 0 Å². The van der Waals surface area contributed by atoms with Gasteiger partial charge in [0.15, 0.2) is 11.5 Å². The molecule has 0 heterocycles. The van der Waals surface area contributed by atoms with Gasteiger partial charge in [-0.05, 0) is 58.2 Å². The first-order valence-electron chi connectivity index (χ1n) is 6.63. The van der Waals surface area contributed by atoms with Gasteiger partial charge in [0.25, 0.3) is 0 Å². The smallest absolute Gasteiger partial charge is 0.161 e. The van der Waals surface area contributed by atoms with E-state index < -0.39 is 0 Å². The van der Waals surface area contributed by atoms with Gasteiger partial charge in [0.1, 0.15) is 0 Å². The predicted molar refractivity (Wildman–Crippen MR) is 75.4 cm³/mol. The molecule has 0 saturated carbocycles. The SMILES string of the molecule is CCOc1ccc(CCC(C)(C)N)cc1OCC. The number of hydrogen-bond acceptors (Lipinski definition) is 3. The lowest BCUT2D eigenvalue weighted by Crippen LogP contribution is -2.32. The molecule has 0 aliphatic heterocycles. The standard InChI is InChI=1S/C15H25NO2/c1-5-17-13-8-7-12(9-10-15(3,4)16)11-14(13)18-6-2/h7-8,11H,5-6,9-10,16H2,1-4H3. The fourth-order valence-electron chi connectivity index (χ4n) is 1.72. The summed E-state index contributed by atoms with van der Waals surface area (Å²) < 4.78 is 11.1. The van der Waals surface area contributed by atoms with Crippen molar-refractivity contribution in [2.75, 3.05) is 13.2 Å². The maximum atomic E-state index is 6.00. The van der Waals surface area contributed by atoms with Crippen molar-refractivity contribution in [3.05, 3.63) is 23.8 Å². The molecule has 1 rings (SSSR count). The monoisotopic (exact) mass is 251 g/mol. The molecule has 0 atom stereocenters. The molecule has 0 amide bonds. The van der Waals surface area contributed by atoms with Crippen molar-refractivity contribution in [1.82, 2.24) is 0 Å². The molecule has 0 aromatic heterocycles. The van der Waals surface area contributed by atoms with E-state index in [9.17, 15) is 0 Å². The maximum Gasteiger partial charge on any atom is 0.161 e. The van der Waals surface area contributed by atoms with E-state index >= 15 is 0 Å². The van der Waals surface area contributed by atoms with Crippen molar-refractivity contribution in [3.8, 4) is 11.5 Å². The number of rotatable bonds is 7. The lowest BCUT2D eigenvalue weighted by Gasteiger charge is -2.18. The van der Waals surface area contributed by atoms with Gasteiger partial charge in [-0.1, -0.05) is 6.07 Å². The van der Waals surface area contributed by atoms with Crippen molar-refractivity contribution in [3.63, 3.8) is 0 Å². The summed E-state index contributed by atoms with van der Waals surface area (Å²) in [5.41, 5.74) is 7.10. The zero-order valence-electron chi connectivity index (χ0n) is 12.0. The first kappa shape index (κ1) is 14.8. The molecular weight excluding hydrogens is 226 g/mol. The van der Waals surface area contributed by atoms with Crippen LogP contribution in [-0.4, -0.2) is 18.8 Å². The Morgan fingerprint density at radius 1 is 1.06 bits per heavy atom. The van der Waals surface area contributed by atoms with Gasteiger partial charge in [-0.15, -0.1) is 0 Å². The van der Waals surface area contributed by atoms with Gasteiger partial charge in [0.05, 0.1) is 13.2 Å². The largest absolute Gasteiger partial charge is 0.490 e. The molecule has 0 radical (unpaired) electrons. The molecule has 3 nitrogen and oxygen atoms in total. The van der Waals surface area contributed by atoms with Gasteiger partial charge < -0.3 is 15.2 Å². The zero-order chi connectivity index (χ0) is 13.6. The lowest BCUT2D eigenvalue weighted by molar-refractivity contribution is 0.287. The van der Waals surface area contributed by atoms with Crippen LogP contribution in [0.5, 0.6) is 11.5 Å². The second-order valence-corrected chi connectivity index (χ2v) is 5.14. The van der Waals surface area contributed by atoms with Gasteiger partial charge in [-0.25, -0.2) is 0 Å². The van der Waals surface area contributed by atoms with Crippen LogP contribution in [-0.2, 0) is 6.42 Å². The Hall–Kier alpha value is -1.22. The predicted octanol–water partition coefficient (Wildman–Crippen LogP) is 3.15. The third-order valence-corrected chi connectivity index (χ3v) is 2.67. The Labute approximate surface area is 110 Å².